The third kappa shape index (κ3) is 2.44. The zero-order valence-corrected chi connectivity index (χ0v) is 9.70. The van der Waals surface area contributed by atoms with Gasteiger partial charge in [-0.05, 0) is 37.8 Å². The van der Waals surface area contributed by atoms with Crippen LogP contribution in [0.4, 0.5) is 11.4 Å². The first kappa shape index (κ1) is 11.2. The number of nitro benzene ring substituents is 1. The van der Waals surface area contributed by atoms with E-state index in [4.69, 9.17) is 11.6 Å². The molecule has 0 aliphatic heterocycles. The summed E-state index contributed by atoms with van der Waals surface area (Å²) in [5, 5.41) is 14.4. The Morgan fingerprint density at radius 2 is 2.25 bits per heavy atom. The Hall–Kier alpha value is -1.29. The van der Waals surface area contributed by atoms with Gasteiger partial charge in [0.1, 0.15) is 5.69 Å². The lowest BCUT2D eigenvalue weighted by Gasteiger charge is -2.14. The third-order valence-corrected chi connectivity index (χ3v) is 3.10. The minimum atomic E-state index is -0.409. The van der Waals surface area contributed by atoms with Gasteiger partial charge in [0, 0.05) is 17.1 Å². The predicted molar refractivity (Wildman–Crippen MR) is 63.9 cm³/mol. The van der Waals surface area contributed by atoms with Crippen molar-refractivity contribution < 1.29 is 4.92 Å². The summed E-state index contributed by atoms with van der Waals surface area (Å²) in [7, 11) is 0. The average Bonchev–Trinajstić information content (AvgIpc) is 3.03. The summed E-state index contributed by atoms with van der Waals surface area (Å²) >= 11 is 5.74. The van der Waals surface area contributed by atoms with E-state index < -0.39 is 4.92 Å². The van der Waals surface area contributed by atoms with Gasteiger partial charge in [-0.1, -0.05) is 11.6 Å². The number of anilines is 1. The highest BCUT2D eigenvalue weighted by Crippen LogP contribution is 2.36. The van der Waals surface area contributed by atoms with Crippen molar-refractivity contribution >= 4 is 23.0 Å². The Morgan fingerprint density at radius 3 is 2.81 bits per heavy atom. The lowest BCUT2D eigenvalue weighted by atomic mass is 10.2. The molecule has 1 fully saturated rings. The van der Waals surface area contributed by atoms with Crippen molar-refractivity contribution in [2.45, 2.75) is 25.8 Å². The summed E-state index contributed by atoms with van der Waals surface area (Å²) in [6, 6.07) is 4.99. The molecular formula is C11H13ClN2O2. The lowest BCUT2D eigenvalue weighted by Crippen LogP contribution is -2.17. The van der Waals surface area contributed by atoms with Gasteiger partial charge in [-0.15, -0.1) is 0 Å². The molecule has 1 N–H and O–H groups in total. The van der Waals surface area contributed by atoms with Crippen LogP contribution in [0.5, 0.6) is 0 Å². The molecule has 0 radical (unpaired) electrons. The first-order chi connectivity index (χ1) is 7.58. The van der Waals surface area contributed by atoms with Crippen molar-refractivity contribution in [2.75, 3.05) is 5.32 Å². The second kappa shape index (κ2) is 4.29. The van der Waals surface area contributed by atoms with Gasteiger partial charge in [-0.25, -0.2) is 0 Å². The van der Waals surface area contributed by atoms with E-state index in [-0.39, 0.29) is 11.7 Å². The third-order valence-electron chi connectivity index (χ3n) is 2.87. The van der Waals surface area contributed by atoms with Crippen LogP contribution in [0, 0.1) is 16.0 Å². The summed E-state index contributed by atoms with van der Waals surface area (Å²) in [6.07, 6.45) is 2.41. The van der Waals surface area contributed by atoms with Gasteiger partial charge in [0.05, 0.1) is 4.92 Å². The van der Waals surface area contributed by atoms with E-state index in [2.05, 4.69) is 12.2 Å². The summed E-state index contributed by atoms with van der Waals surface area (Å²) in [6.45, 7) is 2.05. The number of nitrogens with one attached hydrogen (secondary N) is 1. The summed E-state index contributed by atoms with van der Waals surface area (Å²) in [5.74, 6) is 0.648. The van der Waals surface area contributed by atoms with Gasteiger partial charge < -0.3 is 5.32 Å². The molecule has 0 bridgehead atoms. The maximum atomic E-state index is 10.8. The Morgan fingerprint density at radius 1 is 1.56 bits per heavy atom. The largest absolute Gasteiger partial charge is 0.377 e. The molecule has 1 aliphatic carbocycles. The topological polar surface area (TPSA) is 55.2 Å². The van der Waals surface area contributed by atoms with Gasteiger partial charge in [0.25, 0.3) is 5.69 Å². The molecule has 1 aromatic rings. The van der Waals surface area contributed by atoms with Crippen LogP contribution in [0.3, 0.4) is 0 Å². The van der Waals surface area contributed by atoms with Gasteiger partial charge in [0.2, 0.25) is 0 Å². The zero-order chi connectivity index (χ0) is 11.7. The molecule has 1 aromatic carbocycles. The van der Waals surface area contributed by atoms with Crippen molar-refractivity contribution in [3.8, 4) is 0 Å². The Labute approximate surface area is 98.8 Å². The molecule has 1 atom stereocenters. The smallest absolute Gasteiger partial charge is 0.293 e. The fourth-order valence-electron chi connectivity index (χ4n) is 1.74. The van der Waals surface area contributed by atoms with E-state index in [1.165, 1.54) is 18.9 Å². The van der Waals surface area contributed by atoms with Crippen LogP contribution < -0.4 is 5.32 Å². The average molecular weight is 241 g/mol. The summed E-state index contributed by atoms with van der Waals surface area (Å²) in [5.41, 5.74) is 0.591. The van der Waals surface area contributed by atoms with Gasteiger partial charge >= 0.3 is 0 Å². The number of nitrogens with zero attached hydrogens (tertiary/aromatic N) is 1. The number of nitro groups is 1. The Balaban J connectivity index is 2.21. The highest BCUT2D eigenvalue weighted by molar-refractivity contribution is 6.30. The Bertz CT molecular complexity index is 418. The number of rotatable bonds is 4. The number of hydrogen-bond acceptors (Lipinski definition) is 3. The lowest BCUT2D eigenvalue weighted by molar-refractivity contribution is -0.384. The van der Waals surface area contributed by atoms with Gasteiger partial charge in [-0.3, -0.25) is 10.1 Å². The zero-order valence-electron chi connectivity index (χ0n) is 8.94. The number of benzene rings is 1. The molecule has 0 spiro atoms. The molecule has 86 valence electrons. The van der Waals surface area contributed by atoms with Crippen LogP contribution in [-0.2, 0) is 0 Å². The van der Waals surface area contributed by atoms with Gasteiger partial charge in [0.15, 0.2) is 0 Å². The van der Waals surface area contributed by atoms with E-state index in [9.17, 15) is 10.1 Å². The fraction of sp³-hybridized carbons (Fsp3) is 0.455. The number of hydrogen-bond donors (Lipinski definition) is 1. The van der Waals surface area contributed by atoms with Crippen LogP contribution in [0.2, 0.25) is 5.02 Å². The molecule has 0 heterocycles. The molecule has 0 aromatic heterocycles. The fourth-order valence-corrected chi connectivity index (χ4v) is 1.90. The van der Waals surface area contributed by atoms with Crippen molar-refractivity contribution in [1.82, 2.24) is 0 Å². The summed E-state index contributed by atoms with van der Waals surface area (Å²) < 4.78 is 0. The first-order valence-corrected chi connectivity index (χ1v) is 5.66. The normalized spacial score (nSPS) is 16.9. The molecule has 2 rings (SSSR count). The molecule has 0 amide bonds. The van der Waals surface area contributed by atoms with E-state index in [0.29, 0.717) is 16.6 Å². The Kier molecular flexibility index (Phi) is 3.01. The van der Waals surface area contributed by atoms with Crippen molar-refractivity contribution in [2.24, 2.45) is 5.92 Å². The molecule has 1 unspecified atom stereocenters. The highest BCUT2D eigenvalue weighted by Gasteiger charge is 2.29. The summed E-state index contributed by atoms with van der Waals surface area (Å²) in [4.78, 5) is 10.4. The van der Waals surface area contributed by atoms with Crippen molar-refractivity contribution in [3.05, 3.63) is 33.3 Å². The van der Waals surface area contributed by atoms with Crippen LogP contribution >= 0.6 is 11.6 Å². The van der Waals surface area contributed by atoms with E-state index >= 15 is 0 Å². The maximum Gasteiger partial charge on any atom is 0.293 e. The minimum Gasteiger partial charge on any atom is -0.377 e. The molecule has 1 saturated carbocycles. The first-order valence-electron chi connectivity index (χ1n) is 5.28. The SMILES string of the molecule is CC(Nc1ccc(Cl)cc1[N+](=O)[O-])C1CC1. The van der Waals surface area contributed by atoms with Gasteiger partial charge in [-0.2, -0.15) is 0 Å². The molecule has 16 heavy (non-hydrogen) atoms. The molecule has 0 saturated heterocycles. The van der Waals surface area contributed by atoms with Crippen LogP contribution in [0.1, 0.15) is 19.8 Å². The molecule has 1 aliphatic rings. The van der Waals surface area contributed by atoms with E-state index in [1.807, 2.05) is 0 Å². The second-order valence-corrected chi connectivity index (χ2v) is 4.63. The molecule has 4 nitrogen and oxygen atoms in total. The maximum absolute atomic E-state index is 10.8. The second-order valence-electron chi connectivity index (χ2n) is 4.19. The minimum absolute atomic E-state index is 0.0417. The standard InChI is InChI=1S/C11H13ClN2O2/c1-7(8-2-3-8)13-10-5-4-9(12)6-11(10)14(15)16/h4-8,13H,2-3H2,1H3. The monoisotopic (exact) mass is 240 g/mol. The van der Waals surface area contributed by atoms with Crippen molar-refractivity contribution in [1.29, 1.82) is 0 Å². The molecular weight excluding hydrogens is 228 g/mol. The van der Waals surface area contributed by atoms with Crippen LogP contribution in [0.25, 0.3) is 0 Å². The van der Waals surface area contributed by atoms with E-state index in [1.54, 1.807) is 12.1 Å². The van der Waals surface area contributed by atoms with Crippen LogP contribution in [0.15, 0.2) is 18.2 Å². The quantitative estimate of drug-likeness (QED) is 0.648. The number of halogens is 1. The van der Waals surface area contributed by atoms with Crippen molar-refractivity contribution in [3.63, 3.8) is 0 Å². The van der Waals surface area contributed by atoms with E-state index in [0.717, 1.165) is 0 Å². The predicted octanol–water partition coefficient (Wildman–Crippen LogP) is 3.46. The van der Waals surface area contributed by atoms with Crippen LogP contribution in [-0.4, -0.2) is 11.0 Å². The highest BCUT2D eigenvalue weighted by atomic mass is 35.5. The molecule has 5 heteroatoms.